The number of halogens is 1. The van der Waals surface area contributed by atoms with Crippen molar-refractivity contribution in [2.45, 2.75) is 32.2 Å². The number of carbonyl (C=O) groups excluding carboxylic acids is 2. The zero-order valence-corrected chi connectivity index (χ0v) is 19.6. The van der Waals surface area contributed by atoms with Gasteiger partial charge in [0.2, 0.25) is 5.91 Å². The topological polar surface area (TPSA) is 79.3 Å². The molecule has 2 amide bonds. The Balaban J connectivity index is 1.38. The van der Waals surface area contributed by atoms with Crippen LogP contribution in [0.3, 0.4) is 0 Å². The van der Waals surface area contributed by atoms with Crippen molar-refractivity contribution < 1.29 is 9.59 Å². The van der Waals surface area contributed by atoms with Gasteiger partial charge in [-0.05, 0) is 44.0 Å². The molecule has 2 heterocycles. The Labute approximate surface area is 198 Å². The summed E-state index contributed by atoms with van der Waals surface area (Å²) in [6, 6.07) is 14.8. The van der Waals surface area contributed by atoms with Gasteiger partial charge in [-0.25, -0.2) is 0 Å². The van der Waals surface area contributed by atoms with E-state index in [-0.39, 0.29) is 24.3 Å². The SMILES string of the molecule is CC(CC(=O)Nc1cccc(N2CCCC2)c1)NC(=O)c1cn(C)nc1-c1ccccc1Cl. The van der Waals surface area contributed by atoms with E-state index in [9.17, 15) is 9.59 Å². The second-order valence-corrected chi connectivity index (χ2v) is 8.82. The van der Waals surface area contributed by atoms with Gasteiger partial charge < -0.3 is 15.5 Å². The normalized spacial score (nSPS) is 14.2. The minimum Gasteiger partial charge on any atom is -0.371 e. The lowest BCUT2D eigenvalue weighted by atomic mass is 10.1. The Morgan fingerprint density at radius 2 is 1.88 bits per heavy atom. The van der Waals surface area contributed by atoms with Crippen LogP contribution in [-0.2, 0) is 11.8 Å². The zero-order valence-electron chi connectivity index (χ0n) is 18.8. The van der Waals surface area contributed by atoms with Gasteiger partial charge in [-0.15, -0.1) is 0 Å². The van der Waals surface area contributed by atoms with E-state index < -0.39 is 0 Å². The fraction of sp³-hybridized carbons (Fsp3) is 0.320. The number of hydrogen-bond acceptors (Lipinski definition) is 4. The molecule has 0 spiro atoms. The molecular weight excluding hydrogens is 438 g/mol. The molecule has 8 heteroatoms. The predicted molar refractivity (Wildman–Crippen MR) is 132 cm³/mol. The van der Waals surface area contributed by atoms with E-state index >= 15 is 0 Å². The molecule has 1 saturated heterocycles. The van der Waals surface area contributed by atoms with Gasteiger partial charge in [0.15, 0.2) is 0 Å². The van der Waals surface area contributed by atoms with Crippen LogP contribution in [0.15, 0.2) is 54.7 Å². The first kappa shape index (κ1) is 22.9. The minimum atomic E-state index is -0.362. The van der Waals surface area contributed by atoms with Crippen LogP contribution < -0.4 is 15.5 Å². The van der Waals surface area contributed by atoms with Crippen LogP contribution in [0.2, 0.25) is 5.02 Å². The molecule has 4 rings (SSSR count). The first-order valence-electron chi connectivity index (χ1n) is 11.1. The molecule has 33 heavy (non-hydrogen) atoms. The van der Waals surface area contributed by atoms with Crippen molar-refractivity contribution >= 4 is 34.8 Å². The van der Waals surface area contributed by atoms with Gasteiger partial charge >= 0.3 is 0 Å². The highest BCUT2D eigenvalue weighted by molar-refractivity contribution is 6.33. The summed E-state index contributed by atoms with van der Waals surface area (Å²) < 4.78 is 1.58. The van der Waals surface area contributed by atoms with Gasteiger partial charge in [-0.2, -0.15) is 5.10 Å². The quantitative estimate of drug-likeness (QED) is 0.539. The molecule has 1 aliphatic rings. The first-order chi connectivity index (χ1) is 15.9. The average Bonchev–Trinajstić information content (AvgIpc) is 3.44. The molecule has 0 bridgehead atoms. The van der Waals surface area contributed by atoms with Crippen LogP contribution in [0.1, 0.15) is 36.5 Å². The van der Waals surface area contributed by atoms with E-state index in [4.69, 9.17) is 11.6 Å². The van der Waals surface area contributed by atoms with Crippen molar-refractivity contribution in [1.29, 1.82) is 0 Å². The number of aromatic nitrogens is 2. The largest absolute Gasteiger partial charge is 0.371 e. The van der Waals surface area contributed by atoms with E-state index in [1.165, 1.54) is 12.8 Å². The summed E-state index contributed by atoms with van der Waals surface area (Å²) in [6.45, 7) is 3.90. The minimum absolute atomic E-state index is 0.154. The van der Waals surface area contributed by atoms with Crippen molar-refractivity contribution in [2.24, 2.45) is 7.05 Å². The van der Waals surface area contributed by atoms with Crippen LogP contribution in [-0.4, -0.2) is 40.7 Å². The number of hydrogen-bond donors (Lipinski definition) is 2. The predicted octanol–water partition coefficient (Wildman–Crippen LogP) is 4.49. The highest BCUT2D eigenvalue weighted by Crippen LogP contribution is 2.29. The number of benzene rings is 2. The van der Waals surface area contributed by atoms with Crippen LogP contribution in [0.5, 0.6) is 0 Å². The molecule has 3 aromatic rings. The highest BCUT2D eigenvalue weighted by Gasteiger charge is 2.21. The number of nitrogens with one attached hydrogen (secondary N) is 2. The molecule has 172 valence electrons. The van der Waals surface area contributed by atoms with Crippen LogP contribution in [0.25, 0.3) is 11.3 Å². The lowest BCUT2D eigenvalue weighted by molar-refractivity contribution is -0.116. The molecule has 1 aromatic heterocycles. The number of rotatable bonds is 7. The molecule has 1 atom stereocenters. The Bertz CT molecular complexity index is 1150. The van der Waals surface area contributed by atoms with E-state index in [0.717, 1.165) is 24.5 Å². The maximum atomic E-state index is 13.0. The summed E-state index contributed by atoms with van der Waals surface area (Å²) in [5.74, 6) is -0.451. The van der Waals surface area contributed by atoms with Gasteiger partial charge in [-0.3, -0.25) is 14.3 Å². The Morgan fingerprint density at radius 1 is 1.12 bits per heavy atom. The lowest BCUT2D eigenvalue weighted by Gasteiger charge is -2.19. The summed E-state index contributed by atoms with van der Waals surface area (Å²) in [5.41, 5.74) is 3.49. The molecule has 1 unspecified atom stereocenters. The fourth-order valence-corrected chi connectivity index (χ4v) is 4.33. The number of amides is 2. The number of carbonyl (C=O) groups is 2. The third-order valence-electron chi connectivity index (χ3n) is 5.67. The van der Waals surface area contributed by atoms with Gasteiger partial charge in [0, 0.05) is 55.7 Å². The molecule has 0 radical (unpaired) electrons. The summed E-state index contributed by atoms with van der Waals surface area (Å²) in [6.07, 6.45) is 4.21. The van der Waals surface area contributed by atoms with E-state index in [1.54, 1.807) is 24.0 Å². The summed E-state index contributed by atoms with van der Waals surface area (Å²) >= 11 is 6.31. The van der Waals surface area contributed by atoms with Crippen molar-refractivity contribution in [3.8, 4) is 11.3 Å². The van der Waals surface area contributed by atoms with Crippen molar-refractivity contribution in [2.75, 3.05) is 23.3 Å². The molecule has 2 aromatic carbocycles. The van der Waals surface area contributed by atoms with Crippen LogP contribution >= 0.6 is 11.6 Å². The summed E-state index contributed by atoms with van der Waals surface area (Å²) in [5, 5.41) is 10.8. The smallest absolute Gasteiger partial charge is 0.255 e. The average molecular weight is 466 g/mol. The molecule has 0 saturated carbocycles. The van der Waals surface area contributed by atoms with E-state index in [2.05, 4.69) is 26.7 Å². The van der Waals surface area contributed by atoms with Gasteiger partial charge in [-0.1, -0.05) is 35.9 Å². The van der Waals surface area contributed by atoms with Crippen LogP contribution in [0, 0.1) is 0 Å². The lowest BCUT2D eigenvalue weighted by Crippen LogP contribution is -2.35. The third-order valence-corrected chi connectivity index (χ3v) is 6.00. The number of aryl methyl sites for hydroxylation is 1. The number of anilines is 2. The maximum Gasteiger partial charge on any atom is 0.255 e. The monoisotopic (exact) mass is 465 g/mol. The standard InChI is InChI=1S/C25H28ClN5O2/c1-17(14-23(32)28-18-8-7-9-19(15-18)31-12-5-6-13-31)27-25(33)21-16-30(2)29-24(21)20-10-3-4-11-22(20)26/h3-4,7-11,15-17H,5-6,12-14H2,1-2H3,(H,27,33)(H,28,32). The fourth-order valence-electron chi connectivity index (χ4n) is 4.11. The maximum absolute atomic E-state index is 13.0. The molecule has 0 aliphatic carbocycles. The summed E-state index contributed by atoms with van der Waals surface area (Å²) in [7, 11) is 1.75. The molecule has 7 nitrogen and oxygen atoms in total. The van der Waals surface area contributed by atoms with Crippen molar-refractivity contribution in [3.63, 3.8) is 0 Å². The zero-order chi connectivity index (χ0) is 23.4. The van der Waals surface area contributed by atoms with E-state index in [1.807, 2.05) is 43.3 Å². The van der Waals surface area contributed by atoms with Gasteiger partial charge in [0.1, 0.15) is 5.69 Å². The van der Waals surface area contributed by atoms with E-state index in [0.29, 0.717) is 21.8 Å². The van der Waals surface area contributed by atoms with Crippen molar-refractivity contribution in [1.82, 2.24) is 15.1 Å². The highest BCUT2D eigenvalue weighted by atomic mass is 35.5. The van der Waals surface area contributed by atoms with Gasteiger partial charge in [0.05, 0.1) is 10.6 Å². The molecule has 1 fully saturated rings. The second kappa shape index (κ2) is 10.1. The van der Waals surface area contributed by atoms with Crippen LogP contribution in [0.4, 0.5) is 11.4 Å². The Kier molecular flexibility index (Phi) is 6.99. The molecule has 2 N–H and O–H groups in total. The molecule has 1 aliphatic heterocycles. The third kappa shape index (κ3) is 5.54. The number of nitrogens with zero attached hydrogens (tertiary/aromatic N) is 3. The van der Waals surface area contributed by atoms with Gasteiger partial charge in [0.25, 0.3) is 5.91 Å². The Hall–Kier alpha value is -3.32. The summed E-state index contributed by atoms with van der Waals surface area (Å²) in [4.78, 5) is 27.9. The van der Waals surface area contributed by atoms with Crippen molar-refractivity contribution in [3.05, 3.63) is 65.3 Å². The first-order valence-corrected chi connectivity index (χ1v) is 11.5. The Morgan fingerprint density at radius 3 is 2.64 bits per heavy atom. The second-order valence-electron chi connectivity index (χ2n) is 8.42. The molecular formula is C25H28ClN5O2.